The first kappa shape index (κ1) is 12.3. The minimum absolute atomic E-state index is 0.137. The van der Waals surface area contributed by atoms with E-state index in [-0.39, 0.29) is 11.7 Å². The Morgan fingerprint density at radius 3 is 2.48 bits per heavy atom. The molecule has 0 bridgehead atoms. The molecule has 0 unspecified atom stereocenters. The second-order valence-electron chi connectivity index (χ2n) is 5.31. The van der Waals surface area contributed by atoms with Crippen molar-refractivity contribution in [1.29, 1.82) is 0 Å². The molecule has 1 amide bonds. The van der Waals surface area contributed by atoms with Gasteiger partial charge in [-0.3, -0.25) is 14.5 Å². The number of epoxide rings is 1. The molecular formula is C17H13NO3. The molecule has 0 N–H and O–H groups in total. The molecule has 0 radical (unpaired) electrons. The second-order valence-corrected chi connectivity index (χ2v) is 5.31. The van der Waals surface area contributed by atoms with Crippen LogP contribution in [-0.2, 0) is 9.53 Å². The van der Waals surface area contributed by atoms with Crippen LogP contribution in [0.2, 0.25) is 0 Å². The van der Waals surface area contributed by atoms with Gasteiger partial charge in [0.05, 0.1) is 5.69 Å². The maximum Gasteiger partial charge on any atom is 0.244 e. The summed E-state index contributed by atoms with van der Waals surface area (Å²) in [5.41, 5.74) is 0.904. The zero-order valence-corrected chi connectivity index (χ0v) is 11.4. The van der Waals surface area contributed by atoms with Gasteiger partial charge in [0.25, 0.3) is 0 Å². The molecule has 0 aliphatic carbocycles. The molecular weight excluding hydrogens is 266 g/mol. The average Bonchev–Trinajstić information content (AvgIpc) is 3.18. The quantitative estimate of drug-likeness (QED) is 0.754. The Labute approximate surface area is 121 Å². The monoisotopic (exact) mass is 279 g/mol. The van der Waals surface area contributed by atoms with Gasteiger partial charge >= 0.3 is 0 Å². The van der Waals surface area contributed by atoms with Gasteiger partial charge in [0.2, 0.25) is 17.4 Å². The molecule has 4 rings (SSSR count). The van der Waals surface area contributed by atoms with Gasteiger partial charge in [-0.2, -0.15) is 0 Å². The highest BCUT2D eigenvalue weighted by Gasteiger charge is 2.72. The largest absolute Gasteiger partial charge is 0.332 e. The number of carbonyl (C=O) groups excluding carboxylic acids is 2. The number of carbonyl (C=O) groups is 2. The number of hydrogen-bond acceptors (Lipinski definition) is 3. The van der Waals surface area contributed by atoms with Gasteiger partial charge in [-0.25, -0.2) is 0 Å². The molecule has 2 aliphatic rings. The van der Waals surface area contributed by atoms with Crippen molar-refractivity contribution < 1.29 is 14.3 Å². The molecule has 1 fully saturated rings. The number of para-hydroxylation sites is 1. The Kier molecular flexibility index (Phi) is 2.35. The molecule has 1 saturated heterocycles. The summed E-state index contributed by atoms with van der Waals surface area (Å²) in [4.78, 5) is 26.3. The van der Waals surface area contributed by atoms with Gasteiger partial charge < -0.3 is 4.74 Å². The zero-order chi connectivity index (χ0) is 14.6. The van der Waals surface area contributed by atoms with Crippen molar-refractivity contribution in [3.63, 3.8) is 0 Å². The second kappa shape index (κ2) is 4.02. The average molecular weight is 279 g/mol. The molecule has 0 saturated carbocycles. The van der Waals surface area contributed by atoms with Gasteiger partial charge in [-0.05, 0) is 17.7 Å². The Bertz CT molecular complexity index is 756. The van der Waals surface area contributed by atoms with E-state index in [1.54, 1.807) is 18.2 Å². The molecule has 2 aromatic carbocycles. The molecule has 2 atom stereocenters. The van der Waals surface area contributed by atoms with E-state index in [2.05, 4.69) is 0 Å². The highest BCUT2D eigenvalue weighted by molar-refractivity contribution is 6.21. The molecule has 4 nitrogen and oxygen atoms in total. The van der Waals surface area contributed by atoms with Gasteiger partial charge in [0.1, 0.15) is 6.10 Å². The van der Waals surface area contributed by atoms with Crippen molar-refractivity contribution in [2.24, 2.45) is 0 Å². The van der Waals surface area contributed by atoms with Gasteiger partial charge in [-0.1, -0.05) is 42.5 Å². The van der Waals surface area contributed by atoms with Crippen molar-refractivity contribution in [2.75, 3.05) is 4.90 Å². The minimum atomic E-state index is -1.18. The van der Waals surface area contributed by atoms with E-state index in [4.69, 9.17) is 4.74 Å². The maximum absolute atomic E-state index is 12.8. The number of benzene rings is 2. The summed E-state index contributed by atoms with van der Waals surface area (Å²) in [6.07, 6.45) is -0.400. The number of ether oxygens (including phenoxy) is 1. The third kappa shape index (κ3) is 1.48. The summed E-state index contributed by atoms with van der Waals surface area (Å²) >= 11 is 0. The SMILES string of the molecule is CC(=O)N1c2ccccc2C(=O)[C@@]12O[C@@H]2c1ccccc1. The number of fused-ring (bicyclic) bond motifs is 1. The Balaban J connectivity index is 1.84. The fraction of sp³-hybridized carbons (Fsp3) is 0.176. The lowest BCUT2D eigenvalue weighted by molar-refractivity contribution is -0.117. The molecule has 2 aromatic rings. The third-order valence-corrected chi connectivity index (χ3v) is 4.06. The first-order valence-corrected chi connectivity index (χ1v) is 6.83. The lowest BCUT2D eigenvalue weighted by atomic mass is 10.0. The smallest absolute Gasteiger partial charge is 0.244 e. The van der Waals surface area contributed by atoms with E-state index in [1.807, 2.05) is 36.4 Å². The Morgan fingerprint density at radius 1 is 1.10 bits per heavy atom. The van der Waals surface area contributed by atoms with Crippen molar-refractivity contribution in [3.05, 3.63) is 65.7 Å². The van der Waals surface area contributed by atoms with E-state index >= 15 is 0 Å². The van der Waals surface area contributed by atoms with E-state index in [1.165, 1.54) is 11.8 Å². The molecule has 1 spiro atoms. The number of nitrogens with zero attached hydrogens (tertiary/aromatic N) is 1. The predicted octanol–water partition coefficient (Wildman–Crippen LogP) is 2.70. The van der Waals surface area contributed by atoms with Crippen molar-refractivity contribution in [2.45, 2.75) is 18.8 Å². The topological polar surface area (TPSA) is 49.9 Å². The minimum Gasteiger partial charge on any atom is -0.332 e. The first-order valence-electron chi connectivity index (χ1n) is 6.83. The van der Waals surface area contributed by atoms with Crippen LogP contribution in [0.5, 0.6) is 0 Å². The number of anilines is 1. The number of Topliss-reactive ketones (excluding diaryl/α,β-unsaturated/α-hetero) is 1. The van der Waals surface area contributed by atoms with Crippen LogP contribution in [0.15, 0.2) is 54.6 Å². The predicted molar refractivity (Wildman–Crippen MR) is 76.9 cm³/mol. The van der Waals surface area contributed by atoms with Crippen LogP contribution in [0.3, 0.4) is 0 Å². The Hall–Kier alpha value is -2.46. The fourth-order valence-electron chi connectivity index (χ4n) is 3.15. The fourth-order valence-corrected chi connectivity index (χ4v) is 3.15. The van der Waals surface area contributed by atoms with Crippen LogP contribution >= 0.6 is 0 Å². The summed E-state index contributed by atoms with van der Waals surface area (Å²) < 4.78 is 5.78. The van der Waals surface area contributed by atoms with E-state index < -0.39 is 11.8 Å². The van der Waals surface area contributed by atoms with Crippen LogP contribution in [0, 0.1) is 0 Å². The lowest BCUT2D eigenvalue weighted by Crippen LogP contribution is -2.43. The summed E-state index contributed by atoms with van der Waals surface area (Å²) in [6, 6.07) is 16.7. The molecule has 0 aromatic heterocycles. The van der Waals surface area contributed by atoms with Crippen molar-refractivity contribution >= 4 is 17.4 Å². The highest BCUT2D eigenvalue weighted by Crippen LogP contribution is 2.59. The summed E-state index contributed by atoms with van der Waals surface area (Å²) in [5, 5.41) is 0. The molecule has 21 heavy (non-hydrogen) atoms. The van der Waals surface area contributed by atoms with Crippen LogP contribution < -0.4 is 4.90 Å². The molecule has 104 valence electrons. The molecule has 4 heteroatoms. The third-order valence-electron chi connectivity index (χ3n) is 4.06. The number of amides is 1. The van der Waals surface area contributed by atoms with Crippen molar-refractivity contribution in [1.82, 2.24) is 0 Å². The number of rotatable bonds is 1. The van der Waals surface area contributed by atoms with Crippen LogP contribution in [0.25, 0.3) is 0 Å². The zero-order valence-electron chi connectivity index (χ0n) is 11.4. The van der Waals surface area contributed by atoms with Crippen LogP contribution in [0.4, 0.5) is 5.69 Å². The maximum atomic E-state index is 12.8. The van der Waals surface area contributed by atoms with E-state index in [0.717, 1.165) is 5.56 Å². The van der Waals surface area contributed by atoms with E-state index in [9.17, 15) is 9.59 Å². The van der Waals surface area contributed by atoms with Gasteiger partial charge in [-0.15, -0.1) is 0 Å². The normalized spacial score (nSPS) is 26.0. The van der Waals surface area contributed by atoms with Gasteiger partial charge in [0.15, 0.2) is 0 Å². The van der Waals surface area contributed by atoms with Crippen molar-refractivity contribution in [3.8, 4) is 0 Å². The van der Waals surface area contributed by atoms with Crippen LogP contribution in [0.1, 0.15) is 28.9 Å². The van der Waals surface area contributed by atoms with Crippen LogP contribution in [-0.4, -0.2) is 17.4 Å². The summed E-state index contributed by atoms with van der Waals surface area (Å²) in [7, 11) is 0. The summed E-state index contributed by atoms with van der Waals surface area (Å²) in [6.45, 7) is 1.46. The summed E-state index contributed by atoms with van der Waals surface area (Å²) in [5.74, 6) is -0.325. The standard InChI is InChI=1S/C17H13NO3/c1-11(19)18-14-10-6-5-9-13(14)15(20)17(18)16(21-17)12-7-3-2-4-8-12/h2-10,16H,1H3/t16-,17+/m1/s1. The lowest BCUT2D eigenvalue weighted by Gasteiger charge is -2.20. The molecule has 2 aliphatic heterocycles. The number of hydrogen-bond donors (Lipinski definition) is 0. The van der Waals surface area contributed by atoms with Gasteiger partial charge in [0, 0.05) is 12.5 Å². The highest BCUT2D eigenvalue weighted by atomic mass is 16.6. The Morgan fingerprint density at radius 2 is 1.76 bits per heavy atom. The number of ketones is 1. The molecule has 2 heterocycles. The van der Waals surface area contributed by atoms with E-state index in [0.29, 0.717) is 11.3 Å². The first-order chi connectivity index (χ1) is 10.2.